The molecular formula is C16H21IN4. The molecular weight excluding hydrogens is 375 g/mol. The summed E-state index contributed by atoms with van der Waals surface area (Å²) < 4.78 is 1.10. The standard InChI is InChI=1S/C16H21IN4/c1-6-18-15-12(17)13(9(2)3)20-16(21-15)14-11(5)7-10(4)8-19-14/h7-9H,6H2,1-5H3,(H,18,20,21). The van der Waals surface area contributed by atoms with Crippen LogP contribution >= 0.6 is 22.6 Å². The van der Waals surface area contributed by atoms with Gasteiger partial charge in [-0.05, 0) is 60.4 Å². The van der Waals surface area contributed by atoms with Gasteiger partial charge >= 0.3 is 0 Å². The molecule has 0 atom stereocenters. The summed E-state index contributed by atoms with van der Waals surface area (Å²) in [4.78, 5) is 14.0. The van der Waals surface area contributed by atoms with Gasteiger partial charge < -0.3 is 5.32 Å². The van der Waals surface area contributed by atoms with Crippen LogP contribution < -0.4 is 5.32 Å². The van der Waals surface area contributed by atoms with Crippen LogP contribution in [0.5, 0.6) is 0 Å². The second-order valence-corrected chi connectivity index (χ2v) is 6.54. The van der Waals surface area contributed by atoms with Crippen LogP contribution in [-0.2, 0) is 0 Å². The van der Waals surface area contributed by atoms with E-state index in [2.05, 4.69) is 71.6 Å². The third-order valence-corrected chi connectivity index (χ3v) is 4.26. The summed E-state index contributed by atoms with van der Waals surface area (Å²) >= 11 is 2.32. The van der Waals surface area contributed by atoms with Crippen molar-refractivity contribution in [2.75, 3.05) is 11.9 Å². The van der Waals surface area contributed by atoms with Gasteiger partial charge in [0.1, 0.15) is 11.5 Å². The topological polar surface area (TPSA) is 50.7 Å². The molecule has 0 saturated heterocycles. The lowest BCUT2D eigenvalue weighted by atomic mass is 10.1. The molecule has 2 aromatic heterocycles. The van der Waals surface area contributed by atoms with Crippen LogP contribution in [0.3, 0.4) is 0 Å². The molecule has 0 aromatic carbocycles. The lowest BCUT2D eigenvalue weighted by Gasteiger charge is -2.15. The Morgan fingerprint density at radius 3 is 2.52 bits per heavy atom. The van der Waals surface area contributed by atoms with Crippen LogP contribution in [-0.4, -0.2) is 21.5 Å². The van der Waals surface area contributed by atoms with Gasteiger partial charge in [-0.25, -0.2) is 9.97 Å². The molecule has 0 unspecified atom stereocenters. The zero-order valence-electron chi connectivity index (χ0n) is 13.2. The maximum Gasteiger partial charge on any atom is 0.180 e. The predicted molar refractivity (Wildman–Crippen MR) is 95.7 cm³/mol. The molecule has 2 aromatic rings. The molecule has 0 fully saturated rings. The second-order valence-electron chi connectivity index (χ2n) is 5.46. The molecule has 0 saturated carbocycles. The maximum absolute atomic E-state index is 4.75. The van der Waals surface area contributed by atoms with Gasteiger partial charge in [0.2, 0.25) is 0 Å². The van der Waals surface area contributed by atoms with Crippen LogP contribution in [0.4, 0.5) is 5.82 Å². The molecule has 0 radical (unpaired) electrons. The van der Waals surface area contributed by atoms with Crippen molar-refractivity contribution in [2.45, 2.75) is 40.5 Å². The summed E-state index contributed by atoms with van der Waals surface area (Å²) in [5, 5.41) is 3.33. The van der Waals surface area contributed by atoms with Gasteiger partial charge in [0.25, 0.3) is 0 Å². The van der Waals surface area contributed by atoms with E-state index < -0.39 is 0 Å². The second kappa shape index (κ2) is 6.68. The average molecular weight is 396 g/mol. The van der Waals surface area contributed by atoms with E-state index >= 15 is 0 Å². The third-order valence-electron chi connectivity index (χ3n) is 3.19. The Labute approximate surface area is 140 Å². The van der Waals surface area contributed by atoms with E-state index in [0.717, 1.165) is 38.4 Å². The van der Waals surface area contributed by atoms with E-state index in [0.29, 0.717) is 11.7 Å². The van der Waals surface area contributed by atoms with E-state index in [1.54, 1.807) is 0 Å². The lowest BCUT2D eigenvalue weighted by Crippen LogP contribution is -2.10. The number of hydrogen-bond acceptors (Lipinski definition) is 4. The van der Waals surface area contributed by atoms with Crippen LogP contribution in [0.1, 0.15) is 43.5 Å². The van der Waals surface area contributed by atoms with Crippen molar-refractivity contribution in [2.24, 2.45) is 0 Å². The number of aryl methyl sites for hydroxylation is 2. The number of halogens is 1. The summed E-state index contributed by atoms with van der Waals surface area (Å²) in [6, 6.07) is 2.12. The van der Waals surface area contributed by atoms with E-state index in [-0.39, 0.29) is 0 Å². The molecule has 5 heteroatoms. The van der Waals surface area contributed by atoms with Crippen molar-refractivity contribution in [1.29, 1.82) is 0 Å². The largest absolute Gasteiger partial charge is 0.369 e. The van der Waals surface area contributed by atoms with Crippen LogP contribution in [0.2, 0.25) is 0 Å². The quantitative estimate of drug-likeness (QED) is 0.783. The summed E-state index contributed by atoms with van der Waals surface area (Å²) in [6.07, 6.45) is 1.87. The maximum atomic E-state index is 4.75. The first kappa shape index (κ1) is 16.1. The molecule has 0 bridgehead atoms. The third kappa shape index (κ3) is 3.51. The first-order valence-corrected chi connectivity index (χ1v) is 8.26. The number of nitrogens with zero attached hydrogens (tertiary/aromatic N) is 3. The molecule has 2 heterocycles. The smallest absolute Gasteiger partial charge is 0.180 e. The number of nitrogens with one attached hydrogen (secondary N) is 1. The van der Waals surface area contributed by atoms with Crippen molar-refractivity contribution in [1.82, 2.24) is 15.0 Å². The Morgan fingerprint density at radius 1 is 1.24 bits per heavy atom. The molecule has 0 aliphatic heterocycles. The predicted octanol–water partition coefficient (Wildman–Crippen LogP) is 4.32. The van der Waals surface area contributed by atoms with Gasteiger partial charge in [-0.15, -0.1) is 0 Å². The number of pyridine rings is 1. The Balaban J connectivity index is 2.62. The zero-order chi connectivity index (χ0) is 15.6. The number of hydrogen-bond donors (Lipinski definition) is 1. The van der Waals surface area contributed by atoms with Gasteiger partial charge in [-0.2, -0.15) is 0 Å². The summed E-state index contributed by atoms with van der Waals surface area (Å²) in [6.45, 7) is 11.3. The Kier molecular flexibility index (Phi) is 5.13. The molecule has 1 N–H and O–H groups in total. The molecule has 112 valence electrons. The number of aromatic nitrogens is 3. The van der Waals surface area contributed by atoms with Gasteiger partial charge in [0.15, 0.2) is 5.82 Å². The molecule has 2 rings (SSSR count). The molecule has 0 spiro atoms. The van der Waals surface area contributed by atoms with Crippen LogP contribution in [0.25, 0.3) is 11.5 Å². The van der Waals surface area contributed by atoms with E-state index in [9.17, 15) is 0 Å². The monoisotopic (exact) mass is 396 g/mol. The Bertz CT molecular complexity index is 653. The normalized spacial score (nSPS) is 11.0. The molecule has 0 amide bonds. The van der Waals surface area contributed by atoms with E-state index in [4.69, 9.17) is 4.98 Å². The molecule has 0 aliphatic rings. The summed E-state index contributed by atoms with van der Waals surface area (Å²) in [7, 11) is 0. The van der Waals surface area contributed by atoms with E-state index in [1.807, 2.05) is 13.1 Å². The van der Waals surface area contributed by atoms with Crippen LogP contribution in [0, 0.1) is 17.4 Å². The Hall–Kier alpha value is -1.24. The lowest BCUT2D eigenvalue weighted by molar-refractivity contribution is 0.807. The fraction of sp³-hybridized carbons (Fsp3) is 0.438. The van der Waals surface area contributed by atoms with Crippen molar-refractivity contribution >= 4 is 28.4 Å². The highest BCUT2D eigenvalue weighted by molar-refractivity contribution is 14.1. The van der Waals surface area contributed by atoms with Crippen molar-refractivity contribution in [3.8, 4) is 11.5 Å². The van der Waals surface area contributed by atoms with Crippen molar-refractivity contribution in [3.05, 3.63) is 32.7 Å². The average Bonchev–Trinajstić information content (AvgIpc) is 2.41. The van der Waals surface area contributed by atoms with Crippen molar-refractivity contribution in [3.63, 3.8) is 0 Å². The minimum Gasteiger partial charge on any atom is -0.369 e. The minimum atomic E-state index is 0.349. The van der Waals surface area contributed by atoms with Gasteiger partial charge in [-0.1, -0.05) is 19.9 Å². The Morgan fingerprint density at radius 2 is 1.95 bits per heavy atom. The first-order chi connectivity index (χ1) is 9.93. The van der Waals surface area contributed by atoms with E-state index in [1.165, 1.54) is 0 Å². The highest BCUT2D eigenvalue weighted by Gasteiger charge is 2.17. The van der Waals surface area contributed by atoms with Gasteiger partial charge in [-0.3, -0.25) is 4.98 Å². The zero-order valence-corrected chi connectivity index (χ0v) is 15.3. The number of rotatable bonds is 4. The van der Waals surface area contributed by atoms with Gasteiger partial charge in [0.05, 0.1) is 9.26 Å². The molecule has 0 aliphatic carbocycles. The highest BCUT2D eigenvalue weighted by atomic mass is 127. The minimum absolute atomic E-state index is 0.349. The first-order valence-electron chi connectivity index (χ1n) is 7.19. The number of anilines is 1. The molecule has 4 nitrogen and oxygen atoms in total. The van der Waals surface area contributed by atoms with Crippen LogP contribution in [0.15, 0.2) is 12.3 Å². The molecule has 21 heavy (non-hydrogen) atoms. The fourth-order valence-corrected chi connectivity index (χ4v) is 3.24. The fourth-order valence-electron chi connectivity index (χ4n) is 2.19. The summed E-state index contributed by atoms with van der Waals surface area (Å²) in [5.41, 5.74) is 4.18. The summed E-state index contributed by atoms with van der Waals surface area (Å²) in [5.74, 6) is 1.95. The highest BCUT2D eigenvalue weighted by Crippen LogP contribution is 2.28. The van der Waals surface area contributed by atoms with Crippen molar-refractivity contribution < 1.29 is 0 Å². The van der Waals surface area contributed by atoms with Gasteiger partial charge in [0, 0.05) is 12.7 Å². The SMILES string of the molecule is CCNc1nc(-c2ncc(C)cc2C)nc(C(C)C)c1I.